The lowest BCUT2D eigenvalue weighted by Crippen LogP contribution is -2.23. The van der Waals surface area contributed by atoms with Crippen LogP contribution in [0, 0.1) is 6.92 Å². The number of rotatable bonds is 7. The minimum atomic E-state index is 0.383. The van der Waals surface area contributed by atoms with Crippen LogP contribution in [-0.2, 0) is 6.42 Å². The Bertz CT molecular complexity index is 522. The zero-order valence-electron chi connectivity index (χ0n) is 12.2. The quantitative estimate of drug-likeness (QED) is 0.723. The molecule has 2 aromatic rings. The number of hydrogen-bond donors (Lipinski definition) is 1. The molecule has 1 aromatic carbocycles. The van der Waals surface area contributed by atoms with Gasteiger partial charge >= 0.3 is 0 Å². The van der Waals surface area contributed by atoms with E-state index >= 15 is 0 Å². The van der Waals surface area contributed by atoms with E-state index in [1.807, 2.05) is 6.07 Å². The van der Waals surface area contributed by atoms with Crippen LogP contribution in [0.3, 0.4) is 0 Å². The second-order valence-corrected chi connectivity index (χ2v) is 6.39. The van der Waals surface area contributed by atoms with Crippen molar-refractivity contribution >= 4 is 22.9 Å². The first-order chi connectivity index (χ1) is 9.70. The van der Waals surface area contributed by atoms with Crippen molar-refractivity contribution in [3.63, 3.8) is 0 Å². The smallest absolute Gasteiger partial charge is 0.0409 e. The monoisotopic (exact) mass is 307 g/mol. The number of hydrogen-bond acceptors (Lipinski definition) is 2. The van der Waals surface area contributed by atoms with Crippen LogP contribution in [0.2, 0.25) is 5.02 Å². The maximum absolute atomic E-state index is 6.17. The lowest BCUT2D eigenvalue weighted by Gasteiger charge is -2.21. The third-order valence-corrected chi connectivity index (χ3v) is 4.53. The second kappa shape index (κ2) is 7.82. The van der Waals surface area contributed by atoms with Gasteiger partial charge in [0.1, 0.15) is 0 Å². The summed E-state index contributed by atoms with van der Waals surface area (Å²) in [6, 6.07) is 8.79. The third-order valence-electron chi connectivity index (χ3n) is 3.56. The predicted molar refractivity (Wildman–Crippen MR) is 89.9 cm³/mol. The maximum Gasteiger partial charge on any atom is 0.0409 e. The molecule has 0 spiro atoms. The molecule has 1 N–H and O–H groups in total. The van der Waals surface area contributed by atoms with Crippen LogP contribution < -0.4 is 5.32 Å². The van der Waals surface area contributed by atoms with E-state index in [1.54, 1.807) is 11.3 Å². The first-order valence-electron chi connectivity index (χ1n) is 7.21. The Balaban J connectivity index is 2.11. The third kappa shape index (κ3) is 4.34. The molecule has 0 aliphatic carbocycles. The lowest BCUT2D eigenvalue weighted by molar-refractivity contribution is 0.497. The molecule has 0 amide bonds. The van der Waals surface area contributed by atoms with Gasteiger partial charge in [-0.2, -0.15) is 11.3 Å². The summed E-state index contributed by atoms with van der Waals surface area (Å²) in [5.74, 6) is 0. The Morgan fingerprint density at radius 3 is 2.85 bits per heavy atom. The number of benzene rings is 1. The van der Waals surface area contributed by atoms with Gasteiger partial charge in [0.25, 0.3) is 0 Å². The fourth-order valence-electron chi connectivity index (χ4n) is 2.42. The molecule has 0 aliphatic heterocycles. The average Bonchev–Trinajstić information content (AvgIpc) is 2.95. The van der Waals surface area contributed by atoms with E-state index in [4.69, 9.17) is 11.6 Å². The van der Waals surface area contributed by atoms with E-state index in [1.165, 1.54) is 16.7 Å². The van der Waals surface area contributed by atoms with Gasteiger partial charge in [0.05, 0.1) is 0 Å². The Labute approximate surface area is 131 Å². The fourth-order valence-corrected chi connectivity index (χ4v) is 3.30. The van der Waals surface area contributed by atoms with Crippen LogP contribution in [0.15, 0.2) is 35.0 Å². The van der Waals surface area contributed by atoms with Crippen molar-refractivity contribution in [1.82, 2.24) is 5.32 Å². The fraction of sp³-hybridized carbons (Fsp3) is 0.412. The summed E-state index contributed by atoms with van der Waals surface area (Å²) in [6.45, 7) is 5.41. The predicted octanol–water partition coefficient (Wildman–Crippen LogP) is 5.38. The standard InChI is InChI=1S/C17H22ClNS/c1-3-9-19-17(7-5-14-8-10-20-12-14)16-11-15(18)6-4-13(16)2/h4,6,8,10-12,17,19H,3,5,7,9H2,1-2H3. The summed E-state index contributed by atoms with van der Waals surface area (Å²) in [4.78, 5) is 0. The average molecular weight is 308 g/mol. The molecule has 0 fully saturated rings. The van der Waals surface area contributed by atoms with Crippen molar-refractivity contribution < 1.29 is 0 Å². The van der Waals surface area contributed by atoms with Crippen LogP contribution in [-0.4, -0.2) is 6.54 Å². The molecule has 0 saturated carbocycles. The highest BCUT2D eigenvalue weighted by atomic mass is 35.5. The highest BCUT2D eigenvalue weighted by molar-refractivity contribution is 7.07. The molecule has 20 heavy (non-hydrogen) atoms. The lowest BCUT2D eigenvalue weighted by atomic mass is 9.96. The second-order valence-electron chi connectivity index (χ2n) is 5.18. The van der Waals surface area contributed by atoms with Gasteiger partial charge in [-0.1, -0.05) is 24.6 Å². The Morgan fingerprint density at radius 1 is 1.30 bits per heavy atom. The van der Waals surface area contributed by atoms with Crippen molar-refractivity contribution in [3.05, 3.63) is 56.7 Å². The number of halogens is 1. The molecule has 1 nitrogen and oxygen atoms in total. The van der Waals surface area contributed by atoms with Crippen LogP contribution in [0.25, 0.3) is 0 Å². The van der Waals surface area contributed by atoms with Crippen molar-refractivity contribution in [2.24, 2.45) is 0 Å². The van der Waals surface area contributed by atoms with E-state index in [2.05, 4.69) is 48.1 Å². The van der Waals surface area contributed by atoms with E-state index in [9.17, 15) is 0 Å². The molecule has 108 valence electrons. The highest BCUT2D eigenvalue weighted by Gasteiger charge is 2.13. The zero-order valence-corrected chi connectivity index (χ0v) is 13.7. The van der Waals surface area contributed by atoms with Gasteiger partial charge in [-0.15, -0.1) is 0 Å². The SMILES string of the molecule is CCCNC(CCc1ccsc1)c1cc(Cl)ccc1C. The first-order valence-corrected chi connectivity index (χ1v) is 8.53. The van der Waals surface area contributed by atoms with E-state index in [0.717, 1.165) is 30.8 Å². The molecule has 2 rings (SSSR count). The molecule has 1 atom stereocenters. The Kier molecular flexibility index (Phi) is 6.08. The molecule has 0 saturated heterocycles. The van der Waals surface area contributed by atoms with Gasteiger partial charge in [-0.25, -0.2) is 0 Å². The molecule has 1 heterocycles. The van der Waals surface area contributed by atoms with Gasteiger partial charge in [0, 0.05) is 11.1 Å². The van der Waals surface area contributed by atoms with Gasteiger partial charge in [0.2, 0.25) is 0 Å². The number of nitrogens with one attached hydrogen (secondary N) is 1. The van der Waals surface area contributed by atoms with Crippen molar-refractivity contribution in [1.29, 1.82) is 0 Å². The summed E-state index contributed by atoms with van der Waals surface area (Å²) in [5, 5.41) is 8.87. The highest BCUT2D eigenvalue weighted by Crippen LogP contribution is 2.26. The van der Waals surface area contributed by atoms with Crippen molar-refractivity contribution in [2.45, 2.75) is 39.2 Å². The first kappa shape index (κ1) is 15.6. The van der Waals surface area contributed by atoms with E-state index < -0.39 is 0 Å². The Hall–Kier alpha value is -0.830. The van der Waals surface area contributed by atoms with Crippen LogP contribution in [0.4, 0.5) is 0 Å². The van der Waals surface area contributed by atoms with Crippen LogP contribution in [0.5, 0.6) is 0 Å². The van der Waals surface area contributed by atoms with Gasteiger partial charge in [-0.3, -0.25) is 0 Å². The summed E-state index contributed by atoms with van der Waals surface area (Å²) in [7, 11) is 0. The normalized spacial score (nSPS) is 12.6. The molecule has 0 bridgehead atoms. The van der Waals surface area contributed by atoms with Crippen molar-refractivity contribution in [3.8, 4) is 0 Å². The summed E-state index contributed by atoms with van der Waals surface area (Å²) >= 11 is 7.94. The van der Waals surface area contributed by atoms with Gasteiger partial charge in [0.15, 0.2) is 0 Å². The Morgan fingerprint density at radius 2 is 2.15 bits per heavy atom. The van der Waals surface area contributed by atoms with Crippen LogP contribution >= 0.6 is 22.9 Å². The largest absolute Gasteiger partial charge is 0.310 e. The maximum atomic E-state index is 6.17. The zero-order chi connectivity index (χ0) is 14.4. The molecule has 0 radical (unpaired) electrons. The molecular formula is C17H22ClNS. The number of thiophene rings is 1. The number of aryl methyl sites for hydroxylation is 2. The van der Waals surface area contributed by atoms with Crippen molar-refractivity contribution in [2.75, 3.05) is 6.54 Å². The summed E-state index contributed by atoms with van der Waals surface area (Å²) in [5.41, 5.74) is 4.08. The summed E-state index contributed by atoms with van der Waals surface area (Å²) in [6.07, 6.45) is 3.36. The topological polar surface area (TPSA) is 12.0 Å². The molecule has 0 aliphatic rings. The van der Waals surface area contributed by atoms with Gasteiger partial charge in [-0.05, 0) is 78.4 Å². The van der Waals surface area contributed by atoms with E-state index in [0.29, 0.717) is 6.04 Å². The van der Waals surface area contributed by atoms with Gasteiger partial charge < -0.3 is 5.32 Å². The minimum absolute atomic E-state index is 0.383. The molecule has 1 aromatic heterocycles. The minimum Gasteiger partial charge on any atom is -0.310 e. The van der Waals surface area contributed by atoms with E-state index in [-0.39, 0.29) is 0 Å². The molecule has 1 unspecified atom stereocenters. The summed E-state index contributed by atoms with van der Waals surface area (Å²) < 4.78 is 0. The van der Waals surface area contributed by atoms with Crippen LogP contribution in [0.1, 0.15) is 42.5 Å². The molecule has 3 heteroatoms. The molecular weight excluding hydrogens is 286 g/mol.